The maximum atomic E-state index is 11.0. The van der Waals surface area contributed by atoms with Crippen LogP contribution in [0.15, 0.2) is 24.8 Å². The van der Waals surface area contributed by atoms with Crippen LogP contribution in [0.1, 0.15) is 90.4 Å². The first-order chi connectivity index (χ1) is 11.2. The molecule has 2 nitrogen and oxygen atoms in total. The zero-order chi connectivity index (χ0) is 17.2. The maximum Gasteiger partial charge on any atom is 0.305 e. The summed E-state index contributed by atoms with van der Waals surface area (Å²) in [4.78, 5) is 11.0. The average Bonchev–Trinajstić information content (AvgIpc) is 2.57. The van der Waals surface area contributed by atoms with E-state index in [0.717, 1.165) is 12.8 Å². The molecule has 0 aliphatic rings. The normalized spacial score (nSPS) is 12.4. The van der Waals surface area contributed by atoms with Crippen LogP contribution in [0.25, 0.3) is 0 Å². The number of allylic oxidation sites excluding steroid dienone is 3. The SMILES string of the molecule is C=CC(/C=C/CCCCCCC)CCCCCCCC(=O)OC. The smallest absolute Gasteiger partial charge is 0.305 e. The molecule has 0 heterocycles. The van der Waals surface area contributed by atoms with Crippen LogP contribution in [-0.4, -0.2) is 13.1 Å². The number of ether oxygens (including phenoxy) is 1. The second-order valence-corrected chi connectivity index (χ2v) is 6.41. The van der Waals surface area contributed by atoms with Crippen LogP contribution >= 0.6 is 0 Å². The number of carbonyl (C=O) groups excluding carboxylic acids is 1. The Bertz CT molecular complexity index is 307. The van der Waals surface area contributed by atoms with Crippen molar-refractivity contribution in [3.63, 3.8) is 0 Å². The van der Waals surface area contributed by atoms with Crippen molar-refractivity contribution in [3.8, 4) is 0 Å². The van der Waals surface area contributed by atoms with E-state index in [0.29, 0.717) is 12.3 Å². The molecule has 0 radical (unpaired) electrons. The number of hydrogen-bond acceptors (Lipinski definition) is 2. The first-order valence-electron chi connectivity index (χ1n) is 9.60. The number of unbranched alkanes of at least 4 members (excludes halogenated alkanes) is 9. The summed E-state index contributed by atoms with van der Waals surface area (Å²) < 4.78 is 4.64. The van der Waals surface area contributed by atoms with Gasteiger partial charge in [-0.3, -0.25) is 4.79 Å². The Hall–Kier alpha value is -1.05. The number of hydrogen-bond donors (Lipinski definition) is 0. The highest BCUT2D eigenvalue weighted by Gasteiger charge is 2.01. The quantitative estimate of drug-likeness (QED) is 0.181. The molecule has 2 heteroatoms. The molecule has 0 saturated carbocycles. The molecule has 0 N–H and O–H groups in total. The molecule has 0 aromatic heterocycles. The van der Waals surface area contributed by atoms with Crippen LogP contribution in [0.3, 0.4) is 0 Å². The van der Waals surface area contributed by atoms with Gasteiger partial charge in [0.05, 0.1) is 7.11 Å². The Morgan fingerprint density at radius 3 is 2.35 bits per heavy atom. The van der Waals surface area contributed by atoms with Gasteiger partial charge in [0.15, 0.2) is 0 Å². The third-order valence-electron chi connectivity index (χ3n) is 4.31. The van der Waals surface area contributed by atoms with Crippen LogP contribution in [0.5, 0.6) is 0 Å². The van der Waals surface area contributed by atoms with Crippen molar-refractivity contribution in [2.75, 3.05) is 7.11 Å². The van der Waals surface area contributed by atoms with Gasteiger partial charge in [0.2, 0.25) is 0 Å². The Kier molecular flexibility index (Phi) is 16.5. The largest absolute Gasteiger partial charge is 0.469 e. The molecule has 134 valence electrons. The third kappa shape index (κ3) is 15.6. The Labute approximate surface area is 144 Å². The van der Waals surface area contributed by atoms with E-state index in [1.165, 1.54) is 71.3 Å². The lowest BCUT2D eigenvalue weighted by Crippen LogP contribution is -1.99. The summed E-state index contributed by atoms with van der Waals surface area (Å²) in [6.07, 6.45) is 22.3. The minimum atomic E-state index is -0.0865. The molecule has 0 rings (SSSR count). The average molecular weight is 323 g/mol. The van der Waals surface area contributed by atoms with Crippen molar-refractivity contribution in [1.29, 1.82) is 0 Å². The van der Waals surface area contributed by atoms with Gasteiger partial charge in [-0.05, 0) is 31.6 Å². The Balaban J connectivity index is 3.50. The summed E-state index contributed by atoms with van der Waals surface area (Å²) in [6.45, 7) is 6.21. The summed E-state index contributed by atoms with van der Waals surface area (Å²) in [5.41, 5.74) is 0. The Morgan fingerprint density at radius 2 is 1.65 bits per heavy atom. The zero-order valence-electron chi connectivity index (χ0n) is 15.5. The van der Waals surface area contributed by atoms with Crippen LogP contribution in [0, 0.1) is 5.92 Å². The molecule has 0 spiro atoms. The fraction of sp³-hybridized carbons (Fsp3) is 0.762. The zero-order valence-corrected chi connectivity index (χ0v) is 15.5. The number of carbonyl (C=O) groups is 1. The van der Waals surface area contributed by atoms with Gasteiger partial charge in [-0.15, -0.1) is 6.58 Å². The molecule has 0 aliphatic heterocycles. The molecule has 23 heavy (non-hydrogen) atoms. The van der Waals surface area contributed by atoms with E-state index in [1.54, 1.807) is 0 Å². The summed E-state index contributed by atoms with van der Waals surface area (Å²) >= 11 is 0. The molecule has 0 aliphatic carbocycles. The minimum absolute atomic E-state index is 0.0865. The molecule has 0 fully saturated rings. The van der Waals surface area contributed by atoms with Crippen molar-refractivity contribution >= 4 is 5.97 Å². The second kappa shape index (κ2) is 17.3. The van der Waals surface area contributed by atoms with E-state index in [2.05, 4.69) is 36.5 Å². The topological polar surface area (TPSA) is 26.3 Å². The highest BCUT2D eigenvalue weighted by Crippen LogP contribution is 2.15. The van der Waals surface area contributed by atoms with E-state index >= 15 is 0 Å². The van der Waals surface area contributed by atoms with Gasteiger partial charge in [0.1, 0.15) is 0 Å². The fourth-order valence-corrected chi connectivity index (χ4v) is 2.71. The number of methoxy groups -OCH3 is 1. The van der Waals surface area contributed by atoms with Crippen LogP contribution in [-0.2, 0) is 9.53 Å². The maximum absolute atomic E-state index is 11.0. The van der Waals surface area contributed by atoms with E-state index in [4.69, 9.17) is 0 Å². The van der Waals surface area contributed by atoms with Crippen molar-refractivity contribution in [1.82, 2.24) is 0 Å². The second-order valence-electron chi connectivity index (χ2n) is 6.41. The standard InChI is InChI=1S/C21H38O2/c1-4-6-7-8-9-11-14-17-20(5-2)18-15-12-10-13-16-19-21(22)23-3/h5,14,17,20H,2,4,6-13,15-16,18-19H2,1,3H3/b17-14+. The van der Waals surface area contributed by atoms with Crippen LogP contribution in [0.4, 0.5) is 0 Å². The highest BCUT2D eigenvalue weighted by atomic mass is 16.5. The van der Waals surface area contributed by atoms with Gasteiger partial charge in [-0.1, -0.05) is 76.5 Å². The third-order valence-corrected chi connectivity index (χ3v) is 4.31. The number of rotatable bonds is 16. The predicted molar refractivity (Wildman–Crippen MR) is 101 cm³/mol. The summed E-state index contributed by atoms with van der Waals surface area (Å²) in [5, 5.41) is 0. The van der Waals surface area contributed by atoms with Crippen LogP contribution < -0.4 is 0 Å². The first-order valence-corrected chi connectivity index (χ1v) is 9.60. The van der Waals surface area contributed by atoms with E-state index < -0.39 is 0 Å². The van der Waals surface area contributed by atoms with Crippen LogP contribution in [0.2, 0.25) is 0 Å². The molecule has 0 aromatic carbocycles. The van der Waals surface area contributed by atoms with E-state index in [9.17, 15) is 4.79 Å². The van der Waals surface area contributed by atoms with E-state index in [1.807, 2.05) is 0 Å². The summed E-state index contributed by atoms with van der Waals surface area (Å²) in [6, 6.07) is 0. The number of esters is 1. The van der Waals surface area contributed by atoms with Gasteiger partial charge < -0.3 is 4.74 Å². The fourth-order valence-electron chi connectivity index (χ4n) is 2.71. The van der Waals surface area contributed by atoms with Crippen molar-refractivity contribution in [2.24, 2.45) is 5.92 Å². The summed E-state index contributed by atoms with van der Waals surface area (Å²) in [7, 11) is 1.45. The molecular formula is C21H38O2. The monoisotopic (exact) mass is 322 g/mol. The van der Waals surface area contributed by atoms with Crippen molar-refractivity contribution in [2.45, 2.75) is 90.4 Å². The van der Waals surface area contributed by atoms with Gasteiger partial charge in [0.25, 0.3) is 0 Å². The molecular weight excluding hydrogens is 284 g/mol. The molecule has 0 saturated heterocycles. The minimum Gasteiger partial charge on any atom is -0.469 e. The highest BCUT2D eigenvalue weighted by molar-refractivity contribution is 5.68. The van der Waals surface area contributed by atoms with Gasteiger partial charge in [-0.25, -0.2) is 0 Å². The molecule has 0 aromatic rings. The molecule has 1 atom stereocenters. The van der Waals surface area contributed by atoms with Crippen molar-refractivity contribution < 1.29 is 9.53 Å². The van der Waals surface area contributed by atoms with Crippen molar-refractivity contribution in [3.05, 3.63) is 24.8 Å². The van der Waals surface area contributed by atoms with Gasteiger partial charge >= 0.3 is 5.97 Å². The molecule has 0 bridgehead atoms. The van der Waals surface area contributed by atoms with Gasteiger partial charge in [0, 0.05) is 6.42 Å². The lowest BCUT2D eigenvalue weighted by molar-refractivity contribution is -0.140. The lowest BCUT2D eigenvalue weighted by Gasteiger charge is -2.07. The molecule has 0 amide bonds. The lowest BCUT2D eigenvalue weighted by atomic mass is 9.99. The van der Waals surface area contributed by atoms with Gasteiger partial charge in [-0.2, -0.15) is 0 Å². The summed E-state index contributed by atoms with van der Waals surface area (Å²) in [5.74, 6) is 0.442. The Morgan fingerprint density at radius 1 is 1.00 bits per heavy atom. The van der Waals surface area contributed by atoms with E-state index in [-0.39, 0.29) is 5.97 Å². The predicted octanol–water partition coefficient (Wildman–Crippen LogP) is 6.61. The molecule has 1 unspecified atom stereocenters. The first kappa shape index (κ1) is 21.9.